The molecule has 0 radical (unpaired) electrons. The number of carbonyl (C=O) groups is 3. The molecular formula is C40H50N4O5. The van der Waals surface area contributed by atoms with Crippen molar-refractivity contribution in [1.29, 1.82) is 0 Å². The zero-order chi connectivity index (χ0) is 35.3. The number of carboxylic acids is 1. The third kappa shape index (κ3) is 14.0. The molecule has 1 atom stereocenters. The number of hydrogen-bond donors (Lipinski definition) is 3. The minimum Gasteiger partial charge on any atom is -0.494 e. The Morgan fingerprint density at radius 1 is 0.776 bits per heavy atom. The lowest BCUT2D eigenvalue weighted by molar-refractivity contribution is -0.138. The molecular weight excluding hydrogens is 616 g/mol. The Morgan fingerprint density at radius 2 is 1.39 bits per heavy atom. The van der Waals surface area contributed by atoms with Crippen molar-refractivity contribution in [2.24, 2.45) is 0 Å². The van der Waals surface area contributed by atoms with E-state index >= 15 is 0 Å². The number of carboxylic acid groups (broad SMARTS) is 1. The predicted octanol–water partition coefficient (Wildman–Crippen LogP) is 7.33. The Balaban J connectivity index is 0.000000456. The van der Waals surface area contributed by atoms with E-state index < -0.39 is 18.6 Å². The maximum atomic E-state index is 12.2. The van der Waals surface area contributed by atoms with Gasteiger partial charge in [-0.3, -0.25) is 14.4 Å². The van der Waals surface area contributed by atoms with Crippen LogP contribution >= 0.6 is 0 Å². The van der Waals surface area contributed by atoms with E-state index in [0.717, 1.165) is 59.3 Å². The van der Waals surface area contributed by atoms with E-state index in [9.17, 15) is 14.4 Å². The summed E-state index contributed by atoms with van der Waals surface area (Å²) in [6, 6.07) is 22.9. The van der Waals surface area contributed by atoms with Gasteiger partial charge in [0.1, 0.15) is 18.6 Å². The normalized spacial score (nSPS) is 11.2. The van der Waals surface area contributed by atoms with E-state index in [1.165, 1.54) is 44.1 Å². The van der Waals surface area contributed by atoms with E-state index in [4.69, 9.17) is 9.84 Å². The number of unbranched alkanes of at least 4 members (excludes halogenated alkanes) is 5. The second-order valence-corrected chi connectivity index (χ2v) is 11.9. The third-order valence-electron chi connectivity index (χ3n) is 8.02. The molecule has 49 heavy (non-hydrogen) atoms. The van der Waals surface area contributed by atoms with Crippen molar-refractivity contribution in [1.82, 2.24) is 20.6 Å². The number of hydrogen-bond acceptors (Lipinski definition) is 7. The van der Waals surface area contributed by atoms with Gasteiger partial charge in [-0.2, -0.15) is 0 Å². The number of nitrogens with one attached hydrogen (secondary N) is 2. The molecule has 1 amide bonds. The molecule has 9 heteroatoms. The van der Waals surface area contributed by atoms with Gasteiger partial charge in [0.05, 0.1) is 12.6 Å². The maximum Gasteiger partial charge on any atom is 0.322 e. The Morgan fingerprint density at radius 3 is 1.98 bits per heavy atom. The number of amides is 1. The van der Waals surface area contributed by atoms with Crippen LogP contribution in [0, 0.1) is 0 Å². The number of aliphatic carboxylic acids is 1. The largest absolute Gasteiger partial charge is 0.494 e. The van der Waals surface area contributed by atoms with Gasteiger partial charge in [0, 0.05) is 29.1 Å². The number of benzene rings is 3. The second-order valence-electron chi connectivity index (χ2n) is 11.9. The Bertz CT molecular complexity index is 1540. The summed E-state index contributed by atoms with van der Waals surface area (Å²) < 4.78 is 5.85. The number of carbonyl (C=O) groups excluding carboxylic acids is 2. The van der Waals surface area contributed by atoms with Gasteiger partial charge < -0.3 is 20.5 Å². The molecule has 9 nitrogen and oxygen atoms in total. The van der Waals surface area contributed by atoms with E-state index in [-0.39, 0.29) is 5.91 Å². The fourth-order valence-corrected chi connectivity index (χ4v) is 5.05. The number of aldehydes is 1. The minimum atomic E-state index is -1.08. The highest BCUT2D eigenvalue weighted by Crippen LogP contribution is 2.23. The number of nitrogens with zero attached hydrogens (tertiary/aromatic N) is 2. The van der Waals surface area contributed by atoms with Gasteiger partial charge >= 0.3 is 5.97 Å². The number of likely N-dealkylation sites (N-methyl/N-ethyl adjacent to an activating group) is 1. The third-order valence-corrected chi connectivity index (χ3v) is 8.02. The van der Waals surface area contributed by atoms with Gasteiger partial charge in [0.15, 0.2) is 5.82 Å². The van der Waals surface area contributed by atoms with Crippen LogP contribution in [0.4, 0.5) is 0 Å². The zero-order valence-corrected chi connectivity index (χ0v) is 29.0. The van der Waals surface area contributed by atoms with Crippen LogP contribution in [0.3, 0.4) is 0 Å². The Labute approximate surface area is 290 Å². The van der Waals surface area contributed by atoms with Gasteiger partial charge in [-0.15, -0.1) is 0 Å². The molecule has 260 valence electrons. The fraction of sp³-hybridized carbons (Fsp3) is 0.375. The summed E-state index contributed by atoms with van der Waals surface area (Å²) in [6.07, 6.45) is 14.6. The molecule has 1 unspecified atom stereocenters. The highest BCUT2D eigenvalue weighted by molar-refractivity contribution is 5.85. The van der Waals surface area contributed by atoms with Crippen molar-refractivity contribution in [2.45, 2.75) is 77.7 Å². The van der Waals surface area contributed by atoms with Crippen LogP contribution in [0.5, 0.6) is 5.75 Å². The zero-order valence-electron chi connectivity index (χ0n) is 29.0. The lowest BCUT2D eigenvalue weighted by atomic mass is 10.0. The number of rotatable bonds is 19. The Hall–Kier alpha value is -4.89. The molecule has 0 fully saturated rings. The molecule has 3 aromatic carbocycles. The first-order chi connectivity index (χ1) is 23.9. The molecule has 1 aromatic heterocycles. The first-order valence-corrected chi connectivity index (χ1v) is 17.2. The van der Waals surface area contributed by atoms with Crippen LogP contribution < -0.4 is 15.4 Å². The molecule has 4 aromatic rings. The number of aromatic nitrogens is 2. The highest BCUT2D eigenvalue weighted by Gasteiger charge is 2.17. The van der Waals surface area contributed by atoms with E-state index in [1.807, 2.05) is 85.2 Å². The molecule has 0 spiro atoms. The SMILES string of the molecule is CCCCCCCOc1ccc(-c2cnc(-c3ccc(CC(NC)C(=O)NCC(=O)O)cc3)nc2)cc1.CCCCc1ccc(C=O)cc1. The van der Waals surface area contributed by atoms with Crippen LogP contribution in [0.2, 0.25) is 0 Å². The number of aryl methyl sites for hydroxylation is 1. The fourth-order valence-electron chi connectivity index (χ4n) is 5.05. The molecule has 1 heterocycles. The van der Waals surface area contributed by atoms with Crippen molar-refractivity contribution >= 4 is 18.2 Å². The van der Waals surface area contributed by atoms with Crippen LogP contribution in [0.15, 0.2) is 85.2 Å². The molecule has 0 aliphatic heterocycles. The summed E-state index contributed by atoms with van der Waals surface area (Å²) in [7, 11) is 1.67. The van der Waals surface area contributed by atoms with Crippen molar-refractivity contribution in [2.75, 3.05) is 20.2 Å². The quantitative estimate of drug-likeness (QED) is 0.0701. The van der Waals surface area contributed by atoms with Crippen LogP contribution in [0.25, 0.3) is 22.5 Å². The lowest BCUT2D eigenvalue weighted by Gasteiger charge is -2.15. The average Bonchev–Trinajstić information content (AvgIpc) is 3.14. The second kappa shape index (κ2) is 21.9. The van der Waals surface area contributed by atoms with Crippen LogP contribution in [-0.2, 0) is 22.4 Å². The molecule has 3 N–H and O–H groups in total. The molecule has 0 aliphatic rings. The van der Waals surface area contributed by atoms with Gasteiger partial charge in [-0.1, -0.05) is 107 Å². The monoisotopic (exact) mass is 666 g/mol. The van der Waals surface area contributed by atoms with Crippen molar-refractivity contribution < 1.29 is 24.2 Å². The van der Waals surface area contributed by atoms with Gasteiger partial charge in [-0.05, 0) is 61.6 Å². The van der Waals surface area contributed by atoms with E-state index in [1.54, 1.807) is 7.05 Å². The van der Waals surface area contributed by atoms with Gasteiger partial charge in [-0.25, -0.2) is 9.97 Å². The van der Waals surface area contributed by atoms with Crippen LogP contribution in [-0.4, -0.2) is 59.5 Å². The lowest BCUT2D eigenvalue weighted by Crippen LogP contribution is -2.45. The summed E-state index contributed by atoms with van der Waals surface area (Å²) in [5.74, 6) is 0.0578. The predicted molar refractivity (Wildman–Crippen MR) is 195 cm³/mol. The first-order valence-electron chi connectivity index (χ1n) is 17.2. The first kappa shape index (κ1) is 38.6. The topological polar surface area (TPSA) is 131 Å². The molecule has 0 aliphatic carbocycles. The minimum absolute atomic E-state index is 0.352. The van der Waals surface area contributed by atoms with Crippen molar-refractivity contribution in [3.8, 4) is 28.3 Å². The molecule has 4 rings (SSSR count). The number of ether oxygens (including phenoxy) is 1. The summed E-state index contributed by atoms with van der Waals surface area (Å²) in [6.45, 7) is 4.74. The van der Waals surface area contributed by atoms with E-state index in [2.05, 4.69) is 34.4 Å². The molecule has 0 saturated carbocycles. The highest BCUT2D eigenvalue weighted by atomic mass is 16.5. The molecule has 0 bridgehead atoms. The average molecular weight is 667 g/mol. The van der Waals surface area contributed by atoms with E-state index in [0.29, 0.717) is 12.2 Å². The van der Waals surface area contributed by atoms with Crippen molar-refractivity contribution in [3.63, 3.8) is 0 Å². The van der Waals surface area contributed by atoms with Crippen LogP contribution in [0.1, 0.15) is 80.3 Å². The van der Waals surface area contributed by atoms with Crippen molar-refractivity contribution in [3.05, 3.63) is 102 Å². The standard InChI is InChI=1S/C29H36N4O4.C11H14O/c1-3-4-5-6-7-16-37-25-14-12-22(13-15-25)24-18-31-28(32-19-24)23-10-8-21(9-11-23)17-26(30-2)29(36)33-20-27(34)35;1-2-3-4-10-5-7-11(9-12)8-6-10/h8-15,18-19,26,30H,3-7,16-17,20H2,1-2H3,(H,33,36)(H,34,35);5-9H,2-4H2,1H3. The summed E-state index contributed by atoms with van der Waals surface area (Å²) >= 11 is 0. The Kier molecular flexibility index (Phi) is 17.2. The summed E-state index contributed by atoms with van der Waals surface area (Å²) in [5, 5.41) is 14.1. The maximum absolute atomic E-state index is 12.2. The molecule has 0 saturated heterocycles. The summed E-state index contributed by atoms with van der Waals surface area (Å²) in [4.78, 5) is 42.2. The van der Waals surface area contributed by atoms with Gasteiger partial charge in [0.25, 0.3) is 0 Å². The summed E-state index contributed by atoms with van der Waals surface area (Å²) in [5.41, 5.74) is 5.84. The van der Waals surface area contributed by atoms with Gasteiger partial charge in [0.2, 0.25) is 5.91 Å². The smallest absolute Gasteiger partial charge is 0.322 e.